The number of amides is 2. The second-order valence-electron chi connectivity index (χ2n) is 7.58. The number of nitrogens with two attached hydrogens (primary N) is 1. The molecule has 148 valence electrons. The van der Waals surface area contributed by atoms with E-state index in [9.17, 15) is 9.59 Å². The van der Waals surface area contributed by atoms with Crippen LogP contribution in [0.4, 0.5) is 10.5 Å². The number of hydrogen-bond acceptors (Lipinski definition) is 4. The van der Waals surface area contributed by atoms with Crippen molar-refractivity contribution in [3.8, 4) is 0 Å². The Hall–Kier alpha value is -2.28. The molecule has 2 aliphatic rings. The highest BCUT2D eigenvalue weighted by Crippen LogP contribution is 2.28. The smallest absolute Gasteiger partial charge is 0.320 e. The molecule has 0 aromatic heterocycles. The van der Waals surface area contributed by atoms with Crippen molar-refractivity contribution in [1.82, 2.24) is 9.80 Å². The van der Waals surface area contributed by atoms with Gasteiger partial charge in [0.15, 0.2) is 0 Å². The van der Waals surface area contributed by atoms with Crippen molar-refractivity contribution in [2.45, 2.75) is 38.3 Å². The first-order valence-electron chi connectivity index (χ1n) is 9.78. The van der Waals surface area contributed by atoms with Crippen LogP contribution in [0.1, 0.15) is 31.2 Å². The molecule has 0 atom stereocenters. The van der Waals surface area contributed by atoms with Gasteiger partial charge in [-0.3, -0.25) is 4.79 Å². The van der Waals surface area contributed by atoms with Gasteiger partial charge in [0, 0.05) is 51.5 Å². The molecule has 2 amide bonds. The van der Waals surface area contributed by atoms with E-state index in [1.165, 1.54) is 5.69 Å². The summed E-state index contributed by atoms with van der Waals surface area (Å²) in [4.78, 5) is 30.0. The summed E-state index contributed by atoms with van der Waals surface area (Å²) in [5.74, 6) is -0.961. The van der Waals surface area contributed by atoms with E-state index in [1.54, 1.807) is 0 Å². The van der Waals surface area contributed by atoms with Crippen LogP contribution in [0.3, 0.4) is 0 Å². The van der Waals surface area contributed by atoms with Crippen LogP contribution in [-0.4, -0.2) is 66.2 Å². The van der Waals surface area contributed by atoms with Gasteiger partial charge < -0.3 is 25.5 Å². The molecule has 0 unspecified atom stereocenters. The molecule has 3 rings (SSSR count). The molecule has 1 saturated heterocycles. The Bertz CT molecular complexity index is 648. The van der Waals surface area contributed by atoms with Crippen LogP contribution in [0.25, 0.3) is 0 Å². The average Bonchev–Trinajstić information content (AvgIpc) is 2.73. The summed E-state index contributed by atoms with van der Waals surface area (Å²) in [7, 11) is 1.85. The Morgan fingerprint density at radius 1 is 1.07 bits per heavy atom. The number of carboxylic acid groups (broad SMARTS) is 1. The lowest BCUT2D eigenvalue weighted by Gasteiger charge is -2.40. The maximum Gasteiger partial charge on any atom is 0.320 e. The molecule has 2 fully saturated rings. The van der Waals surface area contributed by atoms with E-state index in [0.29, 0.717) is 32.5 Å². The third-order valence-electron chi connectivity index (χ3n) is 5.98. The van der Waals surface area contributed by atoms with Gasteiger partial charge in [-0.15, -0.1) is 0 Å². The summed E-state index contributed by atoms with van der Waals surface area (Å²) in [6, 6.07) is 8.49. The number of carboxylic acids is 1. The highest BCUT2D eigenvalue weighted by molar-refractivity contribution is 5.75. The largest absolute Gasteiger partial charge is 0.481 e. The van der Waals surface area contributed by atoms with Gasteiger partial charge in [0.2, 0.25) is 0 Å². The molecule has 1 aliphatic heterocycles. The molecule has 0 spiro atoms. The van der Waals surface area contributed by atoms with Gasteiger partial charge >= 0.3 is 12.0 Å². The van der Waals surface area contributed by atoms with Gasteiger partial charge in [0.25, 0.3) is 0 Å². The molecule has 3 N–H and O–H groups in total. The molecular formula is C20H30N4O3. The van der Waals surface area contributed by atoms with E-state index < -0.39 is 5.97 Å². The SMILES string of the molecule is CN(C(=O)N1CCN(c2ccc(CN)cc2)CC1)C1CCC(C(=O)O)CC1. The van der Waals surface area contributed by atoms with E-state index in [-0.39, 0.29) is 18.0 Å². The zero-order valence-electron chi connectivity index (χ0n) is 16.0. The van der Waals surface area contributed by atoms with Crippen LogP contribution in [0.5, 0.6) is 0 Å². The first kappa shape index (κ1) is 19.5. The van der Waals surface area contributed by atoms with Crippen molar-refractivity contribution in [3.05, 3.63) is 29.8 Å². The average molecular weight is 374 g/mol. The molecule has 7 heteroatoms. The number of anilines is 1. The van der Waals surface area contributed by atoms with Gasteiger partial charge in [-0.1, -0.05) is 12.1 Å². The summed E-state index contributed by atoms with van der Waals surface area (Å²) >= 11 is 0. The Labute approximate surface area is 160 Å². The predicted octanol–water partition coefficient (Wildman–Crippen LogP) is 1.96. The van der Waals surface area contributed by atoms with Crippen molar-refractivity contribution in [3.63, 3.8) is 0 Å². The quantitative estimate of drug-likeness (QED) is 0.841. The first-order valence-corrected chi connectivity index (χ1v) is 9.78. The van der Waals surface area contributed by atoms with Crippen molar-refractivity contribution < 1.29 is 14.7 Å². The van der Waals surface area contributed by atoms with Crippen molar-refractivity contribution in [1.29, 1.82) is 0 Å². The molecule has 7 nitrogen and oxygen atoms in total. The van der Waals surface area contributed by atoms with Crippen LogP contribution in [0, 0.1) is 5.92 Å². The molecule has 1 aromatic rings. The fourth-order valence-electron chi connectivity index (χ4n) is 4.09. The number of benzene rings is 1. The van der Waals surface area contributed by atoms with E-state index in [0.717, 1.165) is 31.5 Å². The predicted molar refractivity (Wildman–Crippen MR) is 105 cm³/mol. The monoisotopic (exact) mass is 374 g/mol. The minimum absolute atomic E-state index is 0.0619. The minimum atomic E-state index is -0.710. The highest BCUT2D eigenvalue weighted by Gasteiger charge is 2.32. The third kappa shape index (κ3) is 4.53. The summed E-state index contributed by atoms with van der Waals surface area (Å²) in [5, 5.41) is 9.12. The fraction of sp³-hybridized carbons (Fsp3) is 0.600. The zero-order chi connectivity index (χ0) is 19.4. The molecule has 0 bridgehead atoms. The van der Waals surface area contributed by atoms with Gasteiger partial charge in [-0.2, -0.15) is 0 Å². The second-order valence-corrected chi connectivity index (χ2v) is 7.58. The van der Waals surface area contributed by atoms with E-state index in [1.807, 2.05) is 29.0 Å². The third-order valence-corrected chi connectivity index (χ3v) is 5.98. The first-order chi connectivity index (χ1) is 13.0. The lowest BCUT2D eigenvalue weighted by molar-refractivity contribution is -0.143. The molecular weight excluding hydrogens is 344 g/mol. The van der Waals surface area contributed by atoms with Crippen LogP contribution in [-0.2, 0) is 11.3 Å². The Balaban J connectivity index is 1.49. The minimum Gasteiger partial charge on any atom is -0.481 e. The Morgan fingerprint density at radius 2 is 1.67 bits per heavy atom. The number of carbonyl (C=O) groups excluding carboxylic acids is 1. The Kier molecular flexibility index (Phi) is 6.21. The summed E-state index contributed by atoms with van der Waals surface area (Å²) in [5.41, 5.74) is 7.93. The summed E-state index contributed by atoms with van der Waals surface area (Å²) in [6.07, 6.45) is 2.85. The molecule has 0 radical (unpaired) electrons. The standard InChI is InChI=1S/C20H30N4O3/c1-22(17-8-4-16(5-9-17)19(25)26)20(27)24-12-10-23(11-13-24)18-6-2-15(14-21)3-7-18/h2-3,6-7,16-17H,4-5,8-14,21H2,1H3,(H,25,26). The van der Waals surface area contributed by atoms with Gasteiger partial charge in [-0.25, -0.2) is 4.79 Å². The maximum absolute atomic E-state index is 12.8. The lowest BCUT2D eigenvalue weighted by atomic mass is 9.85. The number of urea groups is 1. The zero-order valence-corrected chi connectivity index (χ0v) is 16.0. The maximum atomic E-state index is 12.8. The van der Waals surface area contributed by atoms with Crippen molar-refractivity contribution >= 4 is 17.7 Å². The number of rotatable bonds is 4. The lowest BCUT2D eigenvalue weighted by Crippen LogP contribution is -2.54. The van der Waals surface area contributed by atoms with E-state index in [2.05, 4.69) is 17.0 Å². The topological polar surface area (TPSA) is 90.1 Å². The summed E-state index contributed by atoms with van der Waals surface area (Å²) in [6.45, 7) is 3.57. The van der Waals surface area contributed by atoms with Gasteiger partial charge in [-0.05, 0) is 43.4 Å². The van der Waals surface area contributed by atoms with Gasteiger partial charge in [0.1, 0.15) is 0 Å². The molecule has 1 heterocycles. The van der Waals surface area contributed by atoms with E-state index in [4.69, 9.17) is 10.8 Å². The Morgan fingerprint density at radius 3 is 2.19 bits per heavy atom. The number of nitrogens with zero attached hydrogens (tertiary/aromatic N) is 3. The van der Waals surface area contributed by atoms with Crippen LogP contribution >= 0.6 is 0 Å². The van der Waals surface area contributed by atoms with Gasteiger partial charge in [0.05, 0.1) is 5.92 Å². The fourth-order valence-corrected chi connectivity index (χ4v) is 4.09. The molecule has 1 aliphatic carbocycles. The number of carbonyl (C=O) groups is 2. The molecule has 1 saturated carbocycles. The highest BCUT2D eigenvalue weighted by atomic mass is 16.4. The van der Waals surface area contributed by atoms with E-state index >= 15 is 0 Å². The second kappa shape index (κ2) is 8.61. The van der Waals surface area contributed by atoms with Crippen molar-refractivity contribution in [2.24, 2.45) is 11.7 Å². The number of aliphatic carboxylic acids is 1. The van der Waals surface area contributed by atoms with Crippen LogP contribution < -0.4 is 10.6 Å². The normalized spacial score (nSPS) is 23.2. The van der Waals surface area contributed by atoms with Crippen LogP contribution in [0.15, 0.2) is 24.3 Å². The molecule has 1 aromatic carbocycles. The number of hydrogen-bond donors (Lipinski definition) is 2. The summed E-state index contributed by atoms with van der Waals surface area (Å²) < 4.78 is 0. The van der Waals surface area contributed by atoms with Crippen LogP contribution in [0.2, 0.25) is 0 Å². The molecule has 27 heavy (non-hydrogen) atoms. The number of piperazine rings is 1. The van der Waals surface area contributed by atoms with Crippen molar-refractivity contribution in [2.75, 3.05) is 38.1 Å².